The molecule has 14 heavy (non-hydrogen) atoms. The van der Waals surface area contributed by atoms with Gasteiger partial charge < -0.3 is 9.64 Å². The molecule has 3 nitrogen and oxygen atoms in total. The highest BCUT2D eigenvalue weighted by molar-refractivity contribution is 6.57. The van der Waals surface area contributed by atoms with Crippen molar-refractivity contribution in [3.05, 3.63) is 0 Å². The molecule has 0 aromatic carbocycles. The Kier molecular flexibility index (Phi) is 3.25. The summed E-state index contributed by atoms with van der Waals surface area (Å²) in [6.07, 6.45) is 1.90. The lowest BCUT2D eigenvalue weighted by atomic mass is 10.00. The van der Waals surface area contributed by atoms with Gasteiger partial charge in [-0.1, -0.05) is 13.8 Å². The minimum Gasteiger partial charge on any atom is -0.351 e. The van der Waals surface area contributed by atoms with Crippen LogP contribution in [0.4, 0.5) is 4.79 Å². The van der Waals surface area contributed by atoms with Crippen molar-refractivity contribution < 1.29 is 9.53 Å². The van der Waals surface area contributed by atoms with Gasteiger partial charge in [-0.15, -0.1) is 0 Å². The number of ether oxygens (including phenoxy) is 1. The minimum atomic E-state index is -0.562. The molecular formula is C10H18BNO2. The zero-order valence-electron chi connectivity index (χ0n) is 9.41. The van der Waals surface area contributed by atoms with E-state index in [0.717, 1.165) is 12.8 Å². The second-order valence-electron chi connectivity index (χ2n) is 4.20. The molecule has 0 spiro atoms. The fourth-order valence-corrected chi connectivity index (χ4v) is 2.30. The maximum absolute atomic E-state index is 11.3. The first-order chi connectivity index (χ1) is 6.44. The van der Waals surface area contributed by atoms with Crippen molar-refractivity contribution >= 4 is 13.7 Å². The summed E-state index contributed by atoms with van der Waals surface area (Å²) < 4.78 is 5.80. The molecule has 0 bridgehead atoms. The summed E-state index contributed by atoms with van der Waals surface area (Å²) in [5.74, 6) is -0.391. The van der Waals surface area contributed by atoms with Gasteiger partial charge >= 0.3 is 0 Å². The number of hydrogen-bond acceptors (Lipinski definition) is 2. The molecule has 0 aliphatic carbocycles. The summed E-state index contributed by atoms with van der Waals surface area (Å²) >= 11 is 0. The Morgan fingerprint density at radius 3 is 2.36 bits per heavy atom. The molecule has 1 fully saturated rings. The first-order valence-electron chi connectivity index (χ1n) is 5.20. The lowest BCUT2D eigenvalue weighted by Crippen LogP contribution is -2.47. The van der Waals surface area contributed by atoms with Crippen molar-refractivity contribution in [2.24, 2.45) is 0 Å². The fourth-order valence-electron chi connectivity index (χ4n) is 2.30. The highest BCUT2D eigenvalue weighted by atomic mass is 16.5. The highest BCUT2D eigenvalue weighted by Crippen LogP contribution is 2.34. The van der Waals surface area contributed by atoms with Gasteiger partial charge in [0.25, 0.3) is 0 Å². The molecule has 2 atom stereocenters. The Morgan fingerprint density at radius 1 is 1.43 bits per heavy atom. The van der Waals surface area contributed by atoms with Gasteiger partial charge in [-0.25, -0.2) is 0 Å². The van der Waals surface area contributed by atoms with Crippen molar-refractivity contribution in [1.82, 2.24) is 4.90 Å². The summed E-state index contributed by atoms with van der Waals surface area (Å²) in [6.45, 7) is 7.88. The smallest absolute Gasteiger partial charge is 0.200 e. The first kappa shape index (κ1) is 11.6. The normalized spacial score (nSPS) is 30.7. The van der Waals surface area contributed by atoms with Crippen LogP contribution in [0.25, 0.3) is 0 Å². The van der Waals surface area contributed by atoms with E-state index in [2.05, 4.69) is 6.92 Å². The molecule has 0 N–H and O–H groups in total. The highest BCUT2D eigenvalue weighted by Gasteiger charge is 2.46. The van der Waals surface area contributed by atoms with Crippen LogP contribution in [0.2, 0.25) is 0 Å². The zero-order chi connectivity index (χ0) is 10.9. The lowest BCUT2D eigenvalue weighted by Gasteiger charge is -2.33. The summed E-state index contributed by atoms with van der Waals surface area (Å²) in [7, 11) is 5.36. The first-order valence-corrected chi connectivity index (χ1v) is 5.20. The zero-order valence-corrected chi connectivity index (χ0v) is 9.41. The van der Waals surface area contributed by atoms with Gasteiger partial charge in [0, 0.05) is 0 Å². The Balaban J connectivity index is 2.92. The summed E-state index contributed by atoms with van der Waals surface area (Å²) in [5, 5.41) is 0. The molecule has 1 amide bonds. The van der Waals surface area contributed by atoms with Gasteiger partial charge in [0.05, 0.1) is 12.1 Å². The number of rotatable bonds is 2. The van der Waals surface area contributed by atoms with Crippen LogP contribution < -0.4 is 0 Å². The third kappa shape index (κ3) is 1.80. The van der Waals surface area contributed by atoms with Gasteiger partial charge in [0.1, 0.15) is 5.72 Å². The van der Waals surface area contributed by atoms with Crippen LogP contribution in [0.15, 0.2) is 0 Å². The largest absolute Gasteiger partial charge is 0.351 e. The molecule has 1 heterocycles. The Morgan fingerprint density at radius 2 is 2.00 bits per heavy atom. The average Bonchev–Trinajstić information content (AvgIpc) is 2.35. The second kappa shape index (κ2) is 3.93. The molecule has 1 rings (SSSR count). The van der Waals surface area contributed by atoms with Gasteiger partial charge in [-0.05, 0) is 26.7 Å². The van der Waals surface area contributed by atoms with E-state index in [1.807, 2.05) is 20.8 Å². The van der Waals surface area contributed by atoms with Crippen molar-refractivity contribution in [3.63, 3.8) is 0 Å². The van der Waals surface area contributed by atoms with Crippen molar-refractivity contribution in [3.8, 4) is 0 Å². The average molecular weight is 195 g/mol. The molecule has 2 radical (unpaired) electrons. The van der Waals surface area contributed by atoms with Crippen molar-refractivity contribution in [2.75, 3.05) is 0 Å². The maximum atomic E-state index is 11.3. The van der Waals surface area contributed by atoms with E-state index >= 15 is 0 Å². The minimum absolute atomic E-state index is 0.113. The molecule has 4 heteroatoms. The van der Waals surface area contributed by atoms with Gasteiger partial charge in [0.2, 0.25) is 7.85 Å². The number of nitrogens with zero attached hydrogens (tertiary/aromatic N) is 1. The van der Waals surface area contributed by atoms with Crippen molar-refractivity contribution in [2.45, 2.75) is 58.4 Å². The molecule has 0 aromatic heterocycles. The number of amides is 1. The SMILES string of the molecule is [B]C(=O)N1C(CC)C(CC)OC1(C)C. The predicted molar refractivity (Wildman–Crippen MR) is 56.3 cm³/mol. The molecule has 0 saturated carbocycles. The van der Waals surface area contributed by atoms with E-state index < -0.39 is 11.5 Å². The molecule has 0 aromatic rings. The lowest BCUT2D eigenvalue weighted by molar-refractivity contribution is -0.0581. The van der Waals surface area contributed by atoms with E-state index in [-0.39, 0.29) is 12.1 Å². The summed E-state index contributed by atoms with van der Waals surface area (Å²) in [6, 6.07) is 0.118. The third-order valence-corrected chi connectivity index (χ3v) is 2.84. The number of carbonyl (C=O) groups excluding carboxylic acids is 1. The molecule has 78 valence electrons. The second-order valence-corrected chi connectivity index (χ2v) is 4.20. The standard InChI is InChI=1S/C10H18BNO2/c1-5-7-8(6-2)14-10(3,4)12(7)9(11)13/h7-8H,5-6H2,1-4H3. The van der Waals surface area contributed by atoms with Crippen LogP contribution in [-0.2, 0) is 4.74 Å². The summed E-state index contributed by atoms with van der Waals surface area (Å²) in [5.41, 5.74) is -0.562. The molecule has 1 saturated heterocycles. The van der Waals surface area contributed by atoms with Crippen LogP contribution in [0.3, 0.4) is 0 Å². The maximum Gasteiger partial charge on any atom is 0.200 e. The van der Waals surface area contributed by atoms with E-state index in [9.17, 15) is 4.79 Å². The van der Waals surface area contributed by atoms with Crippen LogP contribution in [0.5, 0.6) is 0 Å². The van der Waals surface area contributed by atoms with Crippen LogP contribution in [0, 0.1) is 0 Å². The Labute approximate surface area is 87.2 Å². The van der Waals surface area contributed by atoms with Gasteiger partial charge in [0.15, 0.2) is 5.81 Å². The van der Waals surface area contributed by atoms with Crippen LogP contribution in [-0.4, -0.2) is 36.4 Å². The molecular weight excluding hydrogens is 177 g/mol. The fraction of sp³-hybridized carbons (Fsp3) is 0.900. The summed E-state index contributed by atoms with van der Waals surface area (Å²) in [4.78, 5) is 13.0. The predicted octanol–water partition coefficient (Wildman–Crippen LogP) is 1.90. The van der Waals surface area contributed by atoms with E-state index in [0.29, 0.717) is 0 Å². The monoisotopic (exact) mass is 195 g/mol. The Hall–Kier alpha value is -0.505. The number of hydrogen-bond donors (Lipinski definition) is 0. The van der Waals surface area contributed by atoms with E-state index in [1.54, 1.807) is 4.90 Å². The molecule has 1 aliphatic rings. The molecule has 1 aliphatic heterocycles. The van der Waals surface area contributed by atoms with Gasteiger partial charge in [-0.3, -0.25) is 4.79 Å². The third-order valence-electron chi connectivity index (χ3n) is 2.84. The topological polar surface area (TPSA) is 29.5 Å². The van der Waals surface area contributed by atoms with Crippen molar-refractivity contribution in [1.29, 1.82) is 0 Å². The van der Waals surface area contributed by atoms with E-state index in [1.165, 1.54) is 0 Å². The van der Waals surface area contributed by atoms with Gasteiger partial charge in [-0.2, -0.15) is 0 Å². The quantitative estimate of drug-likeness (QED) is 0.629. The van der Waals surface area contributed by atoms with Crippen LogP contribution in [0.1, 0.15) is 40.5 Å². The Bertz CT molecular complexity index is 230. The molecule has 2 unspecified atom stereocenters. The van der Waals surface area contributed by atoms with Crippen LogP contribution >= 0.6 is 0 Å². The number of carbonyl (C=O) groups is 1. The van der Waals surface area contributed by atoms with E-state index in [4.69, 9.17) is 12.6 Å².